The van der Waals surface area contributed by atoms with Gasteiger partial charge >= 0.3 is 0 Å². The van der Waals surface area contributed by atoms with E-state index in [0.717, 1.165) is 19.5 Å². The van der Waals surface area contributed by atoms with Crippen molar-refractivity contribution in [2.24, 2.45) is 5.41 Å². The number of hydrogen-bond donors (Lipinski definition) is 0. The van der Waals surface area contributed by atoms with Crippen molar-refractivity contribution < 1.29 is 8.42 Å². The Morgan fingerprint density at radius 1 is 1.14 bits per heavy atom. The van der Waals surface area contributed by atoms with Gasteiger partial charge in [-0.05, 0) is 43.2 Å². The third kappa shape index (κ3) is 3.07. The van der Waals surface area contributed by atoms with Crippen molar-refractivity contribution in [3.8, 4) is 0 Å². The maximum Gasteiger partial charge on any atom is 0.179 e. The molecule has 21 heavy (non-hydrogen) atoms. The van der Waals surface area contributed by atoms with E-state index in [1.807, 2.05) is 0 Å². The number of aromatic nitrogens is 1. The number of rotatable bonds is 2. The SMILES string of the molecule is CS(=O)(=O)c1cccnc1N1CCCC2(CCCCC2)C1. The Hall–Kier alpha value is -1.10. The Balaban J connectivity index is 1.90. The highest BCUT2D eigenvalue weighted by Crippen LogP contribution is 2.44. The standard InChI is InChI=1S/C16H24N2O2S/c1-21(19,20)14-7-5-11-17-15(14)18-12-6-10-16(13-18)8-3-2-4-9-16/h5,7,11H,2-4,6,8-10,12-13H2,1H3. The molecule has 2 heterocycles. The van der Waals surface area contributed by atoms with Crippen LogP contribution in [0, 0.1) is 5.41 Å². The monoisotopic (exact) mass is 308 g/mol. The molecule has 116 valence electrons. The van der Waals surface area contributed by atoms with Crippen LogP contribution in [0.4, 0.5) is 5.82 Å². The quantitative estimate of drug-likeness (QED) is 0.842. The van der Waals surface area contributed by atoms with E-state index in [2.05, 4.69) is 9.88 Å². The molecule has 3 rings (SSSR count). The van der Waals surface area contributed by atoms with Gasteiger partial charge in [-0.1, -0.05) is 19.3 Å². The van der Waals surface area contributed by atoms with Gasteiger partial charge in [-0.3, -0.25) is 0 Å². The summed E-state index contributed by atoms with van der Waals surface area (Å²) in [6.45, 7) is 1.88. The zero-order valence-corrected chi connectivity index (χ0v) is 13.5. The van der Waals surface area contributed by atoms with Crippen molar-refractivity contribution in [1.82, 2.24) is 4.98 Å². The first-order valence-corrected chi connectivity index (χ1v) is 9.79. The lowest BCUT2D eigenvalue weighted by atomic mass is 9.69. The lowest BCUT2D eigenvalue weighted by Gasteiger charge is -2.46. The Kier molecular flexibility index (Phi) is 3.95. The molecule has 0 N–H and O–H groups in total. The first kappa shape index (κ1) is 14.8. The summed E-state index contributed by atoms with van der Waals surface area (Å²) >= 11 is 0. The molecule has 1 spiro atoms. The third-order valence-corrected chi connectivity index (χ3v) is 6.14. The number of hydrogen-bond acceptors (Lipinski definition) is 4. The first-order chi connectivity index (χ1) is 10.0. The van der Waals surface area contributed by atoms with Gasteiger partial charge in [0.15, 0.2) is 9.84 Å². The van der Waals surface area contributed by atoms with Crippen molar-refractivity contribution >= 4 is 15.7 Å². The van der Waals surface area contributed by atoms with Gasteiger partial charge in [0.25, 0.3) is 0 Å². The number of pyridine rings is 1. The van der Waals surface area contributed by atoms with Gasteiger partial charge in [-0.15, -0.1) is 0 Å². The molecule has 5 heteroatoms. The third-order valence-electron chi connectivity index (χ3n) is 5.03. The summed E-state index contributed by atoms with van der Waals surface area (Å²) in [5.41, 5.74) is 0.392. The van der Waals surface area contributed by atoms with Crippen LogP contribution in [0.25, 0.3) is 0 Å². The molecular formula is C16H24N2O2S. The molecule has 0 bridgehead atoms. The van der Waals surface area contributed by atoms with Gasteiger partial charge in [0.2, 0.25) is 0 Å². The maximum atomic E-state index is 12.0. The van der Waals surface area contributed by atoms with E-state index in [9.17, 15) is 8.42 Å². The minimum Gasteiger partial charge on any atom is -0.355 e. The van der Waals surface area contributed by atoms with E-state index in [-0.39, 0.29) is 0 Å². The highest BCUT2D eigenvalue weighted by Gasteiger charge is 2.37. The van der Waals surface area contributed by atoms with Crippen LogP contribution >= 0.6 is 0 Å². The van der Waals surface area contributed by atoms with E-state index >= 15 is 0 Å². The summed E-state index contributed by atoms with van der Waals surface area (Å²) in [5.74, 6) is 0.657. The van der Waals surface area contributed by atoms with Crippen molar-refractivity contribution in [3.05, 3.63) is 18.3 Å². The fourth-order valence-corrected chi connectivity index (χ4v) is 4.85. The highest BCUT2D eigenvalue weighted by atomic mass is 32.2. The summed E-state index contributed by atoms with van der Waals surface area (Å²) in [6.07, 6.45) is 11.9. The molecule has 0 unspecified atom stereocenters. The fraction of sp³-hybridized carbons (Fsp3) is 0.688. The highest BCUT2D eigenvalue weighted by molar-refractivity contribution is 7.90. The molecule has 0 atom stereocenters. The normalized spacial score (nSPS) is 22.4. The maximum absolute atomic E-state index is 12.0. The predicted octanol–water partition coefficient (Wildman–Crippen LogP) is 3.04. The van der Waals surface area contributed by atoms with E-state index in [0.29, 0.717) is 16.1 Å². The summed E-state index contributed by atoms with van der Waals surface area (Å²) in [4.78, 5) is 6.98. The van der Waals surface area contributed by atoms with E-state index < -0.39 is 9.84 Å². The van der Waals surface area contributed by atoms with E-state index in [1.54, 1.807) is 18.3 Å². The first-order valence-electron chi connectivity index (χ1n) is 7.90. The topological polar surface area (TPSA) is 50.3 Å². The van der Waals surface area contributed by atoms with Crippen LogP contribution < -0.4 is 4.90 Å². The lowest BCUT2D eigenvalue weighted by molar-refractivity contribution is 0.155. The predicted molar refractivity (Wildman–Crippen MR) is 84.3 cm³/mol. The van der Waals surface area contributed by atoms with Crippen LogP contribution in [0.3, 0.4) is 0 Å². The van der Waals surface area contributed by atoms with Gasteiger partial charge in [-0.2, -0.15) is 0 Å². The van der Waals surface area contributed by atoms with Crippen molar-refractivity contribution in [2.45, 2.75) is 49.8 Å². The summed E-state index contributed by atoms with van der Waals surface area (Å²) in [6, 6.07) is 3.39. The Labute approximate surface area is 127 Å². The molecule has 1 saturated heterocycles. The van der Waals surface area contributed by atoms with Gasteiger partial charge < -0.3 is 4.90 Å². The smallest absolute Gasteiger partial charge is 0.179 e. The molecule has 1 aliphatic heterocycles. The van der Waals surface area contributed by atoms with Gasteiger partial charge in [0, 0.05) is 25.5 Å². The molecular weight excluding hydrogens is 284 g/mol. The van der Waals surface area contributed by atoms with Crippen molar-refractivity contribution in [2.75, 3.05) is 24.2 Å². The van der Waals surface area contributed by atoms with E-state index in [1.165, 1.54) is 44.8 Å². The van der Waals surface area contributed by atoms with Crippen LogP contribution in [-0.4, -0.2) is 32.7 Å². The van der Waals surface area contributed by atoms with Gasteiger partial charge in [0.05, 0.1) is 0 Å². The van der Waals surface area contributed by atoms with Crippen molar-refractivity contribution in [1.29, 1.82) is 0 Å². The fourth-order valence-electron chi connectivity index (χ4n) is 4.01. The second kappa shape index (κ2) is 5.59. The molecule has 0 amide bonds. The molecule has 1 aromatic heterocycles. The molecule has 1 aromatic rings. The average molecular weight is 308 g/mol. The minimum atomic E-state index is -3.23. The largest absolute Gasteiger partial charge is 0.355 e. The number of piperidine rings is 1. The van der Waals surface area contributed by atoms with Crippen LogP contribution in [0.1, 0.15) is 44.9 Å². The molecule has 1 aliphatic carbocycles. The summed E-state index contributed by atoms with van der Waals surface area (Å²) in [7, 11) is -3.23. The van der Waals surface area contributed by atoms with Crippen molar-refractivity contribution in [3.63, 3.8) is 0 Å². The number of anilines is 1. The zero-order valence-electron chi connectivity index (χ0n) is 12.7. The molecule has 0 radical (unpaired) electrons. The van der Waals surface area contributed by atoms with E-state index in [4.69, 9.17) is 0 Å². The van der Waals surface area contributed by atoms with Crippen LogP contribution in [0.5, 0.6) is 0 Å². The molecule has 4 nitrogen and oxygen atoms in total. The van der Waals surface area contributed by atoms with Gasteiger partial charge in [-0.25, -0.2) is 13.4 Å². The molecule has 2 fully saturated rings. The minimum absolute atomic E-state index is 0.373. The summed E-state index contributed by atoms with van der Waals surface area (Å²) < 4.78 is 24.0. The molecule has 1 saturated carbocycles. The zero-order chi connectivity index (χ0) is 14.9. The lowest BCUT2D eigenvalue weighted by Crippen LogP contribution is -2.45. The second-order valence-electron chi connectivity index (χ2n) is 6.68. The molecule has 2 aliphatic rings. The van der Waals surface area contributed by atoms with Crippen LogP contribution in [-0.2, 0) is 9.84 Å². The Bertz CT molecular complexity index is 601. The number of nitrogens with zero attached hydrogens (tertiary/aromatic N) is 2. The van der Waals surface area contributed by atoms with Gasteiger partial charge in [0.1, 0.15) is 10.7 Å². The average Bonchev–Trinajstić information content (AvgIpc) is 2.47. The van der Waals surface area contributed by atoms with Crippen LogP contribution in [0.2, 0.25) is 0 Å². The number of sulfone groups is 1. The summed E-state index contributed by atoms with van der Waals surface area (Å²) in [5, 5.41) is 0. The Morgan fingerprint density at radius 3 is 2.57 bits per heavy atom. The van der Waals surface area contributed by atoms with Crippen LogP contribution in [0.15, 0.2) is 23.2 Å². The second-order valence-corrected chi connectivity index (χ2v) is 8.67. The Morgan fingerprint density at radius 2 is 1.86 bits per heavy atom. The molecule has 0 aromatic carbocycles.